The lowest BCUT2D eigenvalue weighted by Gasteiger charge is -2.29. The molecule has 0 amide bonds. The molecule has 0 bridgehead atoms. The zero-order chi connectivity index (χ0) is 11.7. The van der Waals surface area contributed by atoms with Crippen molar-refractivity contribution in [3.05, 3.63) is 11.8 Å². The van der Waals surface area contributed by atoms with Crippen LogP contribution in [0.1, 0.15) is 20.3 Å². The summed E-state index contributed by atoms with van der Waals surface area (Å²) < 4.78 is 21.2. The van der Waals surface area contributed by atoms with E-state index in [9.17, 15) is 0 Å². The summed E-state index contributed by atoms with van der Waals surface area (Å²) in [5.41, 5.74) is 0.0370. The van der Waals surface area contributed by atoms with Crippen molar-refractivity contribution in [3.8, 4) is 0 Å². The highest BCUT2D eigenvalue weighted by Crippen LogP contribution is 2.20. The van der Waals surface area contributed by atoms with Crippen molar-refractivity contribution in [1.82, 2.24) is 0 Å². The Kier molecular flexibility index (Phi) is 7.68. The van der Waals surface area contributed by atoms with Gasteiger partial charge in [0.15, 0.2) is 0 Å². The van der Waals surface area contributed by atoms with E-state index in [0.29, 0.717) is 6.61 Å². The van der Waals surface area contributed by atoms with Crippen molar-refractivity contribution >= 4 is 9.76 Å². The molecular weight excluding hydrogens is 212 g/mol. The van der Waals surface area contributed by atoms with E-state index in [4.69, 9.17) is 18.6 Å². The van der Waals surface area contributed by atoms with Crippen molar-refractivity contribution in [1.29, 1.82) is 0 Å². The van der Waals surface area contributed by atoms with Gasteiger partial charge in [-0.15, -0.1) is 0 Å². The van der Waals surface area contributed by atoms with Crippen LogP contribution >= 0.6 is 0 Å². The summed E-state index contributed by atoms with van der Waals surface area (Å²) in [5.74, 6) is 0. The highest BCUT2D eigenvalue weighted by Gasteiger charge is 2.35. The first-order valence-corrected chi connectivity index (χ1v) is 5.77. The van der Waals surface area contributed by atoms with Gasteiger partial charge in [0.2, 0.25) is 5.41 Å². The monoisotopic (exact) mass is 232 g/mol. The maximum atomic E-state index is 5.48. The molecule has 0 aliphatic heterocycles. The van der Waals surface area contributed by atoms with E-state index in [1.165, 1.54) is 0 Å². The van der Waals surface area contributed by atoms with Crippen LogP contribution in [0.3, 0.4) is 0 Å². The van der Waals surface area contributed by atoms with E-state index in [1.807, 2.05) is 6.92 Å². The molecule has 0 saturated carbocycles. The Morgan fingerprint density at radius 1 is 1.27 bits per heavy atom. The Morgan fingerprint density at radius 3 is 2.27 bits per heavy atom. The summed E-state index contributed by atoms with van der Waals surface area (Å²) in [6.45, 7) is 4.65. The Bertz CT molecular complexity index is 190. The van der Waals surface area contributed by atoms with Gasteiger partial charge in [-0.2, -0.15) is 0 Å². The SMILES string of the molecule is CCCO[Si]C(OC)(OC)/C(C)=C/OC. The van der Waals surface area contributed by atoms with Crippen LogP contribution in [0.5, 0.6) is 0 Å². The fourth-order valence-corrected chi connectivity index (χ4v) is 1.95. The van der Waals surface area contributed by atoms with Crippen molar-refractivity contribution in [3.63, 3.8) is 0 Å². The van der Waals surface area contributed by atoms with Crippen molar-refractivity contribution < 1.29 is 18.6 Å². The Labute approximate surface area is 94.5 Å². The lowest BCUT2D eigenvalue weighted by molar-refractivity contribution is -0.125. The third kappa shape index (κ3) is 4.34. The topological polar surface area (TPSA) is 36.9 Å². The normalized spacial score (nSPS) is 13.0. The molecule has 0 fully saturated rings. The smallest absolute Gasteiger partial charge is 0.311 e. The van der Waals surface area contributed by atoms with Crippen molar-refractivity contribution in [2.45, 2.75) is 25.7 Å². The zero-order valence-corrected chi connectivity index (χ0v) is 11.1. The Hall–Kier alpha value is -0.363. The molecular formula is C10H20O4Si. The molecule has 0 aromatic carbocycles. The van der Waals surface area contributed by atoms with Gasteiger partial charge >= 0.3 is 9.76 Å². The summed E-state index contributed by atoms with van der Waals surface area (Å²) >= 11 is 0. The predicted octanol–water partition coefficient (Wildman–Crippen LogP) is 1.53. The molecule has 2 radical (unpaired) electrons. The van der Waals surface area contributed by atoms with Gasteiger partial charge < -0.3 is 18.6 Å². The van der Waals surface area contributed by atoms with Crippen LogP contribution in [-0.4, -0.2) is 43.1 Å². The van der Waals surface area contributed by atoms with Gasteiger partial charge in [-0.1, -0.05) is 6.92 Å². The van der Waals surface area contributed by atoms with E-state index in [1.54, 1.807) is 27.6 Å². The fraction of sp³-hybridized carbons (Fsp3) is 0.800. The van der Waals surface area contributed by atoms with Crippen LogP contribution in [0.15, 0.2) is 11.8 Å². The molecule has 88 valence electrons. The second kappa shape index (κ2) is 7.87. The molecule has 0 aliphatic rings. The number of rotatable bonds is 8. The summed E-state index contributed by atoms with van der Waals surface area (Å²) in [7, 11) is 4.88. The second-order valence-electron chi connectivity index (χ2n) is 3.01. The number of hydrogen-bond donors (Lipinski definition) is 0. The van der Waals surface area contributed by atoms with Gasteiger partial charge in [-0.05, 0) is 13.3 Å². The summed E-state index contributed by atoms with van der Waals surface area (Å²) in [4.78, 5) is 0. The standard InChI is InChI=1S/C10H20O4Si/c1-6-7-14-15-10(12-4,13-5)9(2)8-11-3/h8H,6-7H2,1-5H3/b9-8+. The van der Waals surface area contributed by atoms with Crippen LogP contribution in [0.25, 0.3) is 0 Å². The highest BCUT2D eigenvalue weighted by molar-refractivity contribution is 6.32. The van der Waals surface area contributed by atoms with Gasteiger partial charge in [0.1, 0.15) is 0 Å². The molecule has 0 unspecified atom stereocenters. The molecule has 4 nitrogen and oxygen atoms in total. The maximum Gasteiger partial charge on any atom is 0.311 e. The third-order valence-corrected chi connectivity index (χ3v) is 3.32. The summed E-state index contributed by atoms with van der Waals surface area (Å²) in [6, 6.07) is 0. The van der Waals surface area contributed by atoms with Gasteiger partial charge in [0, 0.05) is 26.4 Å². The van der Waals surface area contributed by atoms with E-state index in [2.05, 4.69) is 6.92 Å². The molecule has 0 aromatic rings. The van der Waals surface area contributed by atoms with E-state index >= 15 is 0 Å². The lowest BCUT2D eigenvalue weighted by Crippen LogP contribution is -2.43. The first-order valence-electron chi connectivity index (χ1n) is 4.86. The molecule has 0 aromatic heterocycles. The highest BCUT2D eigenvalue weighted by atomic mass is 28.2. The average molecular weight is 232 g/mol. The number of methoxy groups -OCH3 is 3. The minimum atomic E-state index is -0.814. The Balaban J connectivity index is 4.49. The summed E-state index contributed by atoms with van der Waals surface area (Å²) in [6.07, 6.45) is 2.58. The molecule has 0 saturated heterocycles. The molecule has 0 spiro atoms. The van der Waals surface area contributed by atoms with E-state index in [-0.39, 0.29) is 9.76 Å². The zero-order valence-electron chi connectivity index (χ0n) is 10.1. The van der Waals surface area contributed by atoms with Crippen LogP contribution < -0.4 is 0 Å². The minimum Gasteiger partial charge on any atom is -0.504 e. The van der Waals surface area contributed by atoms with Crippen molar-refractivity contribution in [2.75, 3.05) is 27.9 Å². The van der Waals surface area contributed by atoms with Gasteiger partial charge in [0.25, 0.3) is 0 Å². The lowest BCUT2D eigenvalue weighted by atomic mass is 10.3. The van der Waals surface area contributed by atoms with Gasteiger partial charge in [0.05, 0.1) is 13.4 Å². The molecule has 0 aliphatic carbocycles. The quantitative estimate of drug-likeness (QED) is 0.275. The van der Waals surface area contributed by atoms with Crippen LogP contribution in [0, 0.1) is 0 Å². The van der Waals surface area contributed by atoms with Crippen LogP contribution in [0.2, 0.25) is 0 Å². The number of ether oxygens (including phenoxy) is 3. The van der Waals surface area contributed by atoms with Crippen LogP contribution in [-0.2, 0) is 18.6 Å². The van der Waals surface area contributed by atoms with Gasteiger partial charge in [-0.25, -0.2) is 0 Å². The third-order valence-electron chi connectivity index (χ3n) is 1.90. The molecule has 0 heterocycles. The first kappa shape index (κ1) is 14.6. The Morgan fingerprint density at radius 2 is 1.87 bits per heavy atom. The van der Waals surface area contributed by atoms with E-state index in [0.717, 1.165) is 12.0 Å². The van der Waals surface area contributed by atoms with E-state index < -0.39 is 5.41 Å². The minimum absolute atomic E-state index is 0.0979. The average Bonchev–Trinajstić information content (AvgIpc) is 2.25. The predicted molar refractivity (Wildman–Crippen MR) is 59.5 cm³/mol. The molecule has 15 heavy (non-hydrogen) atoms. The molecule has 0 rings (SSSR count). The number of hydrogen-bond acceptors (Lipinski definition) is 4. The summed E-state index contributed by atoms with van der Waals surface area (Å²) in [5, 5.41) is 0. The molecule has 0 atom stereocenters. The largest absolute Gasteiger partial charge is 0.504 e. The molecule has 0 N–H and O–H groups in total. The maximum absolute atomic E-state index is 5.48. The molecule has 5 heteroatoms. The fourth-order valence-electron chi connectivity index (χ4n) is 1.07. The van der Waals surface area contributed by atoms with Gasteiger partial charge in [-0.3, -0.25) is 0 Å². The van der Waals surface area contributed by atoms with Crippen LogP contribution in [0.4, 0.5) is 0 Å². The van der Waals surface area contributed by atoms with Crippen molar-refractivity contribution in [2.24, 2.45) is 0 Å². The first-order chi connectivity index (χ1) is 7.16. The second-order valence-corrected chi connectivity index (χ2v) is 4.16.